The van der Waals surface area contributed by atoms with Crippen molar-refractivity contribution in [3.63, 3.8) is 0 Å². The lowest BCUT2D eigenvalue weighted by Gasteiger charge is -2.20. The van der Waals surface area contributed by atoms with Crippen molar-refractivity contribution < 1.29 is 22.3 Å². The van der Waals surface area contributed by atoms with Crippen LogP contribution in [-0.4, -0.2) is 16.9 Å². The normalized spacial score (nSPS) is 13.3. The molecule has 0 atom stereocenters. The summed E-state index contributed by atoms with van der Waals surface area (Å²) in [6.45, 7) is 1.89. The molecule has 0 fully saturated rings. The van der Waals surface area contributed by atoms with Crippen LogP contribution in [-0.2, 0) is 11.9 Å². The van der Waals surface area contributed by atoms with Crippen molar-refractivity contribution in [3.05, 3.63) is 59.0 Å². The summed E-state index contributed by atoms with van der Waals surface area (Å²) in [5.74, 6) is -0.415. The fourth-order valence-corrected chi connectivity index (χ4v) is 4.30. The zero-order valence-corrected chi connectivity index (χ0v) is 15.2. The molecule has 0 amide bonds. The van der Waals surface area contributed by atoms with E-state index in [2.05, 4.69) is 5.10 Å². The fraction of sp³-hybridized carbons (Fsp3) is 0.211. The highest BCUT2D eigenvalue weighted by Crippen LogP contribution is 2.49. The molecule has 0 bridgehead atoms. The lowest BCUT2D eigenvalue weighted by atomic mass is 10.0. The Hall–Kier alpha value is -2.48. The lowest BCUT2D eigenvalue weighted by molar-refractivity contribution is -0.143. The summed E-state index contributed by atoms with van der Waals surface area (Å²) < 4.78 is 61.6. The number of thioether (sulfide) groups is 1. The van der Waals surface area contributed by atoms with Gasteiger partial charge in [0, 0.05) is 16.9 Å². The number of methoxy groups -OCH3 is 1. The molecule has 0 N–H and O–H groups in total. The van der Waals surface area contributed by atoms with Crippen LogP contribution in [0.2, 0.25) is 0 Å². The molecular weight excluding hydrogens is 380 g/mol. The van der Waals surface area contributed by atoms with Gasteiger partial charge in [-0.2, -0.15) is 18.3 Å². The van der Waals surface area contributed by atoms with E-state index in [1.54, 1.807) is 30.3 Å². The molecule has 0 unspecified atom stereocenters. The number of halogens is 4. The second kappa shape index (κ2) is 6.30. The molecule has 4 rings (SSSR count). The van der Waals surface area contributed by atoms with Crippen molar-refractivity contribution >= 4 is 11.8 Å². The molecule has 8 heteroatoms. The highest BCUT2D eigenvalue weighted by atomic mass is 32.2. The number of aromatic nitrogens is 2. The lowest BCUT2D eigenvalue weighted by Crippen LogP contribution is -2.08. The van der Waals surface area contributed by atoms with E-state index in [0.717, 1.165) is 17.3 Å². The van der Waals surface area contributed by atoms with Crippen LogP contribution in [0.4, 0.5) is 17.6 Å². The Labute approximate surface area is 157 Å². The van der Waals surface area contributed by atoms with Crippen molar-refractivity contribution in [2.24, 2.45) is 0 Å². The molecule has 2 aromatic carbocycles. The van der Waals surface area contributed by atoms with Gasteiger partial charge in [-0.05, 0) is 31.2 Å². The van der Waals surface area contributed by atoms with Crippen LogP contribution in [0.5, 0.6) is 5.75 Å². The van der Waals surface area contributed by atoms with Crippen molar-refractivity contribution in [2.75, 3.05) is 7.11 Å². The number of alkyl halides is 3. The molecule has 0 saturated carbocycles. The number of ether oxygens (including phenoxy) is 1. The molecule has 0 saturated heterocycles. The van der Waals surface area contributed by atoms with E-state index in [0.29, 0.717) is 16.8 Å². The second-order valence-corrected chi connectivity index (χ2v) is 7.15. The first-order valence-corrected chi connectivity index (χ1v) is 9.05. The minimum Gasteiger partial charge on any atom is -0.494 e. The summed E-state index contributed by atoms with van der Waals surface area (Å²) >= 11 is 0.938. The molecule has 27 heavy (non-hydrogen) atoms. The minimum atomic E-state index is -4.60. The van der Waals surface area contributed by atoms with Gasteiger partial charge in [0.1, 0.15) is 0 Å². The maximum atomic E-state index is 14.7. The van der Waals surface area contributed by atoms with E-state index in [4.69, 9.17) is 4.74 Å². The minimum absolute atomic E-state index is 0.0140. The van der Waals surface area contributed by atoms with Gasteiger partial charge in [-0.3, -0.25) is 0 Å². The Morgan fingerprint density at radius 1 is 1.11 bits per heavy atom. The monoisotopic (exact) mass is 394 g/mol. The average molecular weight is 394 g/mol. The molecule has 1 aliphatic rings. The number of nitrogens with zero attached hydrogens (tertiary/aromatic N) is 2. The summed E-state index contributed by atoms with van der Waals surface area (Å²) in [6.07, 6.45) is -4.60. The van der Waals surface area contributed by atoms with Gasteiger partial charge in [-0.1, -0.05) is 17.7 Å². The molecule has 140 valence electrons. The highest BCUT2D eigenvalue weighted by molar-refractivity contribution is 7.98. The number of aryl methyl sites for hydroxylation is 1. The molecule has 3 nitrogen and oxygen atoms in total. The SMILES string of the molecule is COc1ccc2c(c1F)CSc1c(C(F)(F)F)nn(-c3ccc(C)cc3)c1-2. The number of hydrogen-bond acceptors (Lipinski definition) is 3. The summed E-state index contributed by atoms with van der Waals surface area (Å²) in [5, 5.41) is 3.85. The molecular formula is C19H14F4N2OS. The van der Waals surface area contributed by atoms with E-state index in [1.165, 1.54) is 17.9 Å². The van der Waals surface area contributed by atoms with Crippen LogP contribution in [0.3, 0.4) is 0 Å². The van der Waals surface area contributed by atoms with Crippen molar-refractivity contribution in [3.8, 4) is 22.7 Å². The number of fused-ring (bicyclic) bond motifs is 3. The van der Waals surface area contributed by atoms with E-state index >= 15 is 0 Å². The zero-order valence-electron chi connectivity index (χ0n) is 14.4. The molecule has 3 aromatic rings. The van der Waals surface area contributed by atoms with E-state index in [-0.39, 0.29) is 22.1 Å². The molecule has 1 aliphatic heterocycles. The Morgan fingerprint density at radius 2 is 1.81 bits per heavy atom. The zero-order chi connectivity index (χ0) is 19.3. The highest BCUT2D eigenvalue weighted by Gasteiger charge is 2.42. The molecule has 0 radical (unpaired) electrons. The van der Waals surface area contributed by atoms with Crippen LogP contribution in [0.15, 0.2) is 41.3 Å². The summed E-state index contributed by atoms with van der Waals surface area (Å²) in [6, 6.07) is 9.99. The Bertz CT molecular complexity index is 1030. The van der Waals surface area contributed by atoms with Crippen LogP contribution >= 0.6 is 11.8 Å². The Morgan fingerprint density at radius 3 is 2.44 bits per heavy atom. The fourth-order valence-electron chi connectivity index (χ4n) is 3.10. The second-order valence-electron chi connectivity index (χ2n) is 6.17. The topological polar surface area (TPSA) is 27.1 Å². The summed E-state index contributed by atoms with van der Waals surface area (Å²) in [7, 11) is 1.35. The third kappa shape index (κ3) is 2.88. The van der Waals surface area contributed by atoms with Crippen molar-refractivity contribution in [2.45, 2.75) is 23.7 Å². The smallest absolute Gasteiger partial charge is 0.436 e. The van der Waals surface area contributed by atoms with E-state index in [9.17, 15) is 17.6 Å². The average Bonchev–Trinajstić information content (AvgIpc) is 3.03. The van der Waals surface area contributed by atoms with Gasteiger partial charge in [0.15, 0.2) is 17.3 Å². The predicted octanol–water partition coefficient (Wildman–Crippen LogP) is 5.62. The number of benzene rings is 2. The molecule has 2 heterocycles. The van der Waals surface area contributed by atoms with Gasteiger partial charge in [-0.15, -0.1) is 11.8 Å². The van der Waals surface area contributed by atoms with Crippen molar-refractivity contribution in [1.82, 2.24) is 9.78 Å². The van der Waals surface area contributed by atoms with Gasteiger partial charge in [-0.25, -0.2) is 9.07 Å². The third-order valence-corrected chi connectivity index (χ3v) is 5.54. The van der Waals surface area contributed by atoms with Gasteiger partial charge in [0.25, 0.3) is 0 Å². The van der Waals surface area contributed by atoms with Crippen molar-refractivity contribution in [1.29, 1.82) is 0 Å². The first-order chi connectivity index (χ1) is 12.8. The van der Waals surface area contributed by atoms with Crippen LogP contribution in [0, 0.1) is 12.7 Å². The van der Waals surface area contributed by atoms with Crippen LogP contribution < -0.4 is 4.74 Å². The summed E-state index contributed by atoms with van der Waals surface area (Å²) in [4.78, 5) is 0.0140. The molecule has 1 aromatic heterocycles. The Kier molecular flexibility index (Phi) is 4.18. The number of hydrogen-bond donors (Lipinski definition) is 0. The maximum Gasteiger partial charge on any atom is 0.436 e. The first kappa shape index (κ1) is 17.9. The quantitative estimate of drug-likeness (QED) is 0.528. The third-order valence-electron chi connectivity index (χ3n) is 4.43. The molecule has 0 aliphatic carbocycles. The largest absolute Gasteiger partial charge is 0.494 e. The predicted molar refractivity (Wildman–Crippen MR) is 94.8 cm³/mol. The Balaban J connectivity index is 2.02. The van der Waals surface area contributed by atoms with E-state index < -0.39 is 17.7 Å². The first-order valence-electron chi connectivity index (χ1n) is 8.07. The maximum absolute atomic E-state index is 14.7. The van der Waals surface area contributed by atoms with Gasteiger partial charge in [0.05, 0.1) is 23.4 Å². The standard InChI is InChI=1S/C19H14F4N2OS/c1-10-3-5-11(6-4-10)25-16-12-7-8-14(26-2)15(20)13(12)9-27-17(16)18(24-25)19(21,22)23/h3-8H,9H2,1-2H3. The van der Waals surface area contributed by atoms with Gasteiger partial charge in [0.2, 0.25) is 0 Å². The molecule has 0 spiro atoms. The van der Waals surface area contributed by atoms with Crippen LogP contribution in [0.1, 0.15) is 16.8 Å². The van der Waals surface area contributed by atoms with Gasteiger partial charge >= 0.3 is 6.18 Å². The number of rotatable bonds is 2. The van der Waals surface area contributed by atoms with E-state index in [1.807, 2.05) is 6.92 Å². The van der Waals surface area contributed by atoms with Crippen LogP contribution in [0.25, 0.3) is 16.9 Å². The summed E-state index contributed by atoms with van der Waals surface area (Å²) in [5.41, 5.74) is 1.46. The van der Waals surface area contributed by atoms with Gasteiger partial charge < -0.3 is 4.74 Å².